The molecule has 4 N–H and O–H groups in total. The van der Waals surface area contributed by atoms with Gasteiger partial charge in [0.15, 0.2) is 0 Å². The maximum Gasteiger partial charge on any atom is 0.335 e. The van der Waals surface area contributed by atoms with Gasteiger partial charge in [0, 0.05) is 12.2 Å². The second-order valence-electron chi connectivity index (χ2n) is 4.25. The number of nitrogens with one attached hydrogen (secondary N) is 1. The highest BCUT2D eigenvalue weighted by atomic mass is 16.4. The van der Waals surface area contributed by atoms with Crippen molar-refractivity contribution in [2.24, 2.45) is 5.73 Å². The van der Waals surface area contributed by atoms with Crippen LogP contribution in [0.15, 0.2) is 18.2 Å². The predicted molar refractivity (Wildman–Crippen MR) is 73.6 cm³/mol. The van der Waals surface area contributed by atoms with Crippen LogP contribution < -0.4 is 11.1 Å². The third kappa shape index (κ3) is 3.98. The molecule has 0 aliphatic heterocycles. The Bertz CT molecular complexity index is 542. The molecule has 1 aromatic rings. The number of hydrogen-bond acceptors (Lipinski definition) is 3. The van der Waals surface area contributed by atoms with Gasteiger partial charge in [-0.2, -0.15) is 0 Å². The van der Waals surface area contributed by atoms with E-state index < -0.39 is 17.9 Å². The number of benzene rings is 1. The number of carbonyl (C=O) groups excluding carboxylic acids is 2. The highest BCUT2D eigenvalue weighted by Crippen LogP contribution is 2.17. The fourth-order valence-electron chi connectivity index (χ4n) is 1.65. The average molecular weight is 279 g/mol. The van der Waals surface area contributed by atoms with Crippen LogP contribution in [-0.2, 0) is 4.79 Å². The summed E-state index contributed by atoms with van der Waals surface area (Å²) in [6.45, 7) is 3.57. The van der Waals surface area contributed by atoms with Crippen LogP contribution in [0, 0.1) is 6.92 Å². The molecule has 20 heavy (non-hydrogen) atoms. The fraction of sp³-hybridized carbons (Fsp3) is 0.308. The van der Waals surface area contributed by atoms with Gasteiger partial charge in [0.05, 0.1) is 5.56 Å². The summed E-state index contributed by atoms with van der Waals surface area (Å²) in [4.78, 5) is 34.9. The number of hydrogen-bond donors (Lipinski definition) is 3. The highest BCUT2D eigenvalue weighted by Gasteiger charge is 2.15. The Morgan fingerprint density at radius 2 is 2.00 bits per heavy atom. The van der Waals surface area contributed by atoms with E-state index in [4.69, 9.17) is 10.8 Å². The zero-order valence-corrected chi connectivity index (χ0v) is 11.3. The van der Waals surface area contributed by atoms with Gasteiger partial charge < -0.3 is 21.1 Å². The normalized spacial score (nSPS) is 9.90. The second kappa shape index (κ2) is 6.55. The van der Waals surface area contributed by atoms with Crippen molar-refractivity contribution in [1.82, 2.24) is 4.90 Å². The zero-order valence-electron chi connectivity index (χ0n) is 11.3. The van der Waals surface area contributed by atoms with E-state index in [1.54, 1.807) is 13.8 Å². The molecule has 0 aliphatic rings. The smallest absolute Gasteiger partial charge is 0.335 e. The van der Waals surface area contributed by atoms with E-state index >= 15 is 0 Å². The number of carbonyl (C=O) groups is 3. The van der Waals surface area contributed by atoms with Gasteiger partial charge in [-0.25, -0.2) is 9.59 Å². The van der Waals surface area contributed by atoms with Crippen molar-refractivity contribution in [3.05, 3.63) is 29.3 Å². The van der Waals surface area contributed by atoms with Crippen molar-refractivity contribution in [3.63, 3.8) is 0 Å². The Morgan fingerprint density at radius 3 is 2.45 bits per heavy atom. The van der Waals surface area contributed by atoms with Crippen LogP contribution in [0.5, 0.6) is 0 Å². The molecular formula is C13H17N3O4. The van der Waals surface area contributed by atoms with Crippen molar-refractivity contribution in [2.45, 2.75) is 13.8 Å². The Hall–Kier alpha value is -2.57. The molecule has 0 spiro atoms. The largest absolute Gasteiger partial charge is 0.478 e. The third-order valence-electron chi connectivity index (χ3n) is 2.73. The number of nitrogens with zero attached hydrogens (tertiary/aromatic N) is 1. The Labute approximate surface area is 116 Å². The first-order valence-corrected chi connectivity index (χ1v) is 6.03. The first kappa shape index (κ1) is 15.5. The van der Waals surface area contributed by atoms with Crippen molar-refractivity contribution in [1.29, 1.82) is 0 Å². The Balaban J connectivity index is 2.84. The molecule has 0 saturated carbocycles. The van der Waals surface area contributed by atoms with E-state index in [-0.39, 0.29) is 12.1 Å². The van der Waals surface area contributed by atoms with Crippen molar-refractivity contribution >= 4 is 23.6 Å². The number of aromatic carboxylic acids is 1. The molecule has 0 radical (unpaired) electrons. The minimum absolute atomic E-state index is 0.144. The lowest BCUT2D eigenvalue weighted by Crippen LogP contribution is -2.40. The molecule has 0 bridgehead atoms. The molecule has 3 amide bonds. The van der Waals surface area contributed by atoms with Crippen LogP contribution in [0.3, 0.4) is 0 Å². The molecule has 108 valence electrons. The summed E-state index contributed by atoms with van der Waals surface area (Å²) >= 11 is 0. The summed E-state index contributed by atoms with van der Waals surface area (Å²) in [5, 5.41) is 11.5. The minimum atomic E-state index is -1.03. The number of carboxylic acids is 1. The monoisotopic (exact) mass is 279 g/mol. The van der Waals surface area contributed by atoms with E-state index in [9.17, 15) is 14.4 Å². The van der Waals surface area contributed by atoms with Gasteiger partial charge >= 0.3 is 12.0 Å². The Morgan fingerprint density at radius 1 is 1.35 bits per heavy atom. The predicted octanol–water partition coefficient (Wildman–Crippen LogP) is 1.03. The van der Waals surface area contributed by atoms with Gasteiger partial charge in [-0.3, -0.25) is 4.79 Å². The number of urea groups is 1. The lowest BCUT2D eigenvalue weighted by Gasteiger charge is -2.20. The van der Waals surface area contributed by atoms with Crippen LogP contribution in [0.25, 0.3) is 0 Å². The van der Waals surface area contributed by atoms with Crippen LogP contribution in [0.4, 0.5) is 10.5 Å². The summed E-state index contributed by atoms with van der Waals surface area (Å²) in [5.74, 6) is -1.63. The van der Waals surface area contributed by atoms with Gasteiger partial charge in [-0.05, 0) is 37.6 Å². The summed E-state index contributed by atoms with van der Waals surface area (Å²) in [6, 6.07) is 3.91. The zero-order chi connectivity index (χ0) is 15.3. The number of rotatable bonds is 5. The molecule has 1 aromatic carbocycles. The SMILES string of the molecule is CCN(CC(N)=O)C(=O)Nc1ccc(C(=O)O)cc1C. The van der Waals surface area contributed by atoms with Crippen LogP contribution in [-0.4, -0.2) is 41.0 Å². The standard InChI is InChI=1S/C13H17N3O4/c1-3-16(7-11(14)17)13(20)15-10-5-4-9(12(18)19)6-8(10)2/h4-6H,3,7H2,1-2H3,(H2,14,17)(H,15,20)(H,18,19). The van der Waals surface area contributed by atoms with E-state index in [0.29, 0.717) is 17.8 Å². The molecule has 0 fully saturated rings. The number of likely N-dealkylation sites (N-methyl/N-ethyl adjacent to an activating group) is 1. The summed E-state index contributed by atoms with van der Waals surface area (Å²) in [7, 11) is 0. The molecule has 0 unspecified atom stereocenters. The lowest BCUT2D eigenvalue weighted by atomic mass is 10.1. The molecule has 1 rings (SSSR count). The number of nitrogens with two attached hydrogens (primary N) is 1. The minimum Gasteiger partial charge on any atom is -0.478 e. The van der Waals surface area contributed by atoms with Gasteiger partial charge in [-0.1, -0.05) is 0 Å². The molecule has 7 heteroatoms. The van der Waals surface area contributed by atoms with Crippen LogP contribution in [0.1, 0.15) is 22.8 Å². The summed E-state index contributed by atoms with van der Waals surface area (Å²) in [5.41, 5.74) is 6.31. The highest BCUT2D eigenvalue weighted by molar-refractivity contribution is 5.94. The number of carboxylic acid groups (broad SMARTS) is 1. The maximum absolute atomic E-state index is 11.9. The lowest BCUT2D eigenvalue weighted by molar-refractivity contribution is -0.118. The second-order valence-corrected chi connectivity index (χ2v) is 4.25. The van der Waals surface area contributed by atoms with E-state index in [1.807, 2.05) is 0 Å². The molecule has 0 aliphatic carbocycles. The van der Waals surface area contributed by atoms with Crippen LogP contribution >= 0.6 is 0 Å². The first-order valence-electron chi connectivity index (χ1n) is 6.03. The van der Waals surface area contributed by atoms with E-state index in [0.717, 1.165) is 0 Å². The topological polar surface area (TPSA) is 113 Å². The maximum atomic E-state index is 11.9. The summed E-state index contributed by atoms with van der Waals surface area (Å²) in [6.07, 6.45) is 0. The van der Waals surface area contributed by atoms with Crippen molar-refractivity contribution < 1.29 is 19.5 Å². The number of primary amides is 1. The molecular weight excluding hydrogens is 262 g/mol. The molecule has 7 nitrogen and oxygen atoms in total. The summed E-state index contributed by atoms with van der Waals surface area (Å²) < 4.78 is 0. The first-order chi connectivity index (χ1) is 9.35. The van der Waals surface area contributed by atoms with Gasteiger partial charge in [0.1, 0.15) is 6.54 Å². The number of aryl methyl sites for hydroxylation is 1. The molecule has 0 heterocycles. The number of amides is 3. The van der Waals surface area contributed by atoms with Gasteiger partial charge in [0.25, 0.3) is 0 Å². The average Bonchev–Trinajstić information content (AvgIpc) is 2.37. The van der Waals surface area contributed by atoms with Gasteiger partial charge in [-0.15, -0.1) is 0 Å². The van der Waals surface area contributed by atoms with Crippen molar-refractivity contribution in [3.8, 4) is 0 Å². The van der Waals surface area contributed by atoms with E-state index in [2.05, 4.69) is 5.32 Å². The van der Waals surface area contributed by atoms with Crippen molar-refractivity contribution in [2.75, 3.05) is 18.4 Å². The quantitative estimate of drug-likeness (QED) is 0.747. The van der Waals surface area contributed by atoms with E-state index in [1.165, 1.54) is 23.1 Å². The molecule has 0 saturated heterocycles. The van der Waals surface area contributed by atoms with Crippen LogP contribution in [0.2, 0.25) is 0 Å². The third-order valence-corrected chi connectivity index (χ3v) is 2.73. The molecule has 0 aromatic heterocycles. The molecule has 0 atom stereocenters. The fourth-order valence-corrected chi connectivity index (χ4v) is 1.65. The van der Waals surface area contributed by atoms with Gasteiger partial charge in [0.2, 0.25) is 5.91 Å². The Kier molecular flexibility index (Phi) is 5.08. The number of anilines is 1.